The molecule has 0 fully saturated rings. The van der Waals surface area contributed by atoms with Gasteiger partial charge >= 0.3 is 5.97 Å². The fourth-order valence-electron chi connectivity index (χ4n) is 2.40. The van der Waals surface area contributed by atoms with E-state index >= 15 is 0 Å². The molecule has 0 aliphatic rings. The zero-order valence-electron chi connectivity index (χ0n) is 15.3. The van der Waals surface area contributed by atoms with E-state index in [9.17, 15) is 9.59 Å². The van der Waals surface area contributed by atoms with Crippen LogP contribution in [0.4, 0.5) is 5.69 Å². The van der Waals surface area contributed by atoms with Crippen LogP contribution in [0.3, 0.4) is 0 Å². The van der Waals surface area contributed by atoms with Crippen LogP contribution in [0.2, 0.25) is 0 Å². The van der Waals surface area contributed by atoms with E-state index in [4.69, 9.17) is 9.47 Å². The first-order valence-electron chi connectivity index (χ1n) is 8.72. The lowest BCUT2D eigenvalue weighted by molar-refractivity contribution is -0.147. The molecular formula is C20H20N2O4S2. The molecule has 0 radical (unpaired) electrons. The summed E-state index contributed by atoms with van der Waals surface area (Å²) in [6, 6.07) is 15.0. The number of thiazole rings is 1. The lowest BCUT2D eigenvalue weighted by Gasteiger charge is -2.07. The summed E-state index contributed by atoms with van der Waals surface area (Å²) in [5.41, 5.74) is 1.59. The minimum atomic E-state index is -0.384. The van der Waals surface area contributed by atoms with Crippen molar-refractivity contribution < 1.29 is 19.1 Å². The van der Waals surface area contributed by atoms with Gasteiger partial charge in [0.1, 0.15) is 5.75 Å². The molecule has 8 heteroatoms. The zero-order valence-corrected chi connectivity index (χ0v) is 17.0. The molecule has 0 saturated carbocycles. The van der Waals surface area contributed by atoms with E-state index in [-0.39, 0.29) is 24.9 Å². The topological polar surface area (TPSA) is 77.5 Å². The Kier molecular flexibility index (Phi) is 7.27. The summed E-state index contributed by atoms with van der Waals surface area (Å²) >= 11 is 3.27. The van der Waals surface area contributed by atoms with Crippen LogP contribution in [0.5, 0.6) is 5.75 Å². The number of para-hydroxylation sites is 1. The van der Waals surface area contributed by atoms with Gasteiger partial charge < -0.3 is 14.8 Å². The van der Waals surface area contributed by atoms with Crippen LogP contribution in [-0.4, -0.2) is 36.3 Å². The molecule has 0 unspecified atom stereocenters. The minimum Gasteiger partial charge on any atom is -0.497 e. The summed E-state index contributed by atoms with van der Waals surface area (Å²) in [6.45, 7) is -0.305. The highest BCUT2D eigenvalue weighted by atomic mass is 32.2. The predicted octanol–water partition coefficient (Wildman–Crippen LogP) is 4.36. The summed E-state index contributed by atoms with van der Waals surface area (Å²) in [5.74, 6) is 0.641. The molecule has 3 aromatic rings. The number of nitrogens with one attached hydrogen (secondary N) is 1. The second kappa shape index (κ2) is 10.1. The molecular weight excluding hydrogens is 396 g/mol. The molecule has 0 spiro atoms. The average molecular weight is 417 g/mol. The van der Waals surface area contributed by atoms with Gasteiger partial charge in [0.05, 0.1) is 17.3 Å². The lowest BCUT2D eigenvalue weighted by atomic mass is 10.3. The summed E-state index contributed by atoms with van der Waals surface area (Å²) in [5, 5.41) is 2.67. The van der Waals surface area contributed by atoms with Crippen molar-refractivity contribution in [2.24, 2.45) is 0 Å². The Bertz CT molecular complexity index is 925. The third kappa shape index (κ3) is 5.97. The number of methoxy groups -OCH3 is 1. The molecule has 1 aromatic heterocycles. The number of aromatic nitrogens is 1. The zero-order chi connectivity index (χ0) is 19.8. The Morgan fingerprint density at radius 3 is 2.86 bits per heavy atom. The fourth-order valence-corrected chi connectivity index (χ4v) is 4.48. The van der Waals surface area contributed by atoms with Crippen LogP contribution >= 0.6 is 23.1 Å². The van der Waals surface area contributed by atoms with Gasteiger partial charge in [-0.2, -0.15) is 0 Å². The fraction of sp³-hybridized carbons (Fsp3) is 0.250. The number of carbonyl (C=O) groups excluding carboxylic acids is 2. The minimum absolute atomic E-state index is 0.268. The van der Waals surface area contributed by atoms with Gasteiger partial charge in [-0.25, -0.2) is 4.98 Å². The monoisotopic (exact) mass is 416 g/mol. The van der Waals surface area contributed by atoms with E-state index in [2.05, 4.69) is 10.3 Å². The van der Waals surface area contributed by atoms with Crippen molar-refractivity contribution in [2.75, 3.05) is 24.8 Å². The van der Waals surface area contributed by atoms with Crippen molar-refractivity contribution >= 4 is 50.9 Å². The second-order valence-corrected chi connectivity index (χ2v) is 8.21. The highest BCUT2D eigenvalue weighted by Gasteiger charge is 2.09. The Balaban J connectivity index is 1.33. The Labute approximate surface area is 171 Å². The predicted molar refractivity (Wildman–Crippen MR) is 112 cm³/mol. The van der Waals surface area contributed by atoms with Gasteiger partial charge in [-0.15, -0.1) is 11.3 Å². The number of hydrogen-bond donors (Lipinski definition) is 1. The molecule has 146 valence electrons. The van der Waals surface area contributed by atoms with Crippen LogP contribution in [0.25, 0.3) is 10.2 Å². The number of ether oxygens (including phenoxy) is 2. The molecule has 6 nitrogen and oxygen atoms in total. The van der Waals surface area contributed by atoms with Crippen LogP contribution in [0, 0.1) is 0 Å². The Morgan fingerprint density at radius 1 is 1.18 bits per heavy atom. The van der Waals surface area contributed by atoms with Crippen molar-refractivity contribution in [3.63, 3.8) is 0 Å². The highest BCUT2D eigenvalue weighted by molar-refractivity contribution is 8.01. The molecule has 28 heavy (non-hydrogen) atoms. The molecule has 3 rings (SSSR count). The summed E-state index contributed by atoms with van der Waals surface area (Å²) in [7, 11) is 1.55. The number of nitrogens with zero attached hydrogens (tertiary/aromatic N) is 1. The Hall–Kier alpha value is -2.58. The molecule has 2 aromatic carbocycles. The molecule has 0 atom stereocenters. The van der Waals surface area contributed by atoms with Crippen LogP contribution in [0.1, 0.15) is 12.8 Å². The van der Waals surface area contributed by atoms with E-state index in [0.29, 0.717) is 17.9 Å². The highest BCUT2D eigenvalue weighted by Crippen LogP contribution is 2.29. The molecule has 1 N–H and O–H groups in total. The molecule has 0 aliphatic heterocycles. The molecule has 1 heterocycles. The largest absolute Gasteiger partial charge is 0.497 e. The van der Waals surface area contributed by atoms with Crippen molar-refractivity contribution in [1.82, 2.24) is 4.98 Å². The quantitative estimate of drug-likeness (QED) is 0.317. The number of esters is 1. The average Bonchev–Trinajstić information content (AvgIpc) is 3.12. The first-order valence-corrected chi connectivity index (χ1v) is 10.5. The van der Waals surface area contributed by atoms with Crippen molar-refractivity contribution in [1.29, 1.82) is 0 Å². The molecule has 0 aliphatic carbocycles. The van der Waals surface area contributed by atoms with Gasteiger partial charge in [0.25, 0.3) is 5.91 Å². The number of thioether (sulfide) groups is 1. The third-order valence-corrected chi connectivity index (χ3v) is 6.01. The van der Waals surface area contributed by atoms with Gasteiger partial charge in [-0.3, -0.25) is 9.59 Å². The summed E-state index contributed by atoms with van der Waals surface area (Å²) < 4.78 is 12.3. The summed E-state index contributed by atoms with van der Waals surface area (Å²) in [4.78, 5) is 28.2. The molecule has 0 bridgehead atoms. The maximum atomic E-state index is 11.9. The van der Waals surface area contributed by atoms with Crippen LogP contribution in [0.15, 0.2) is 52.9 Å². The maximum Gasteiger partial charge on any atom is 0.306 e. The lowest BCUT2D eigenvalue weighted by Crippen LogP contribution is -2.20. The standard InChI is InChI=1S/C20H20N2O4S2/c1-25-15-7-4-6-14(12-15)21-18(23)13-26-19(24)10-5-11-27-20-22-16-8-2-3-9-17(16)28-20/h2-4,6-9,12H,5,10-11,13H2,1H3,(H,21,23). The molecule has 1 amide bonds. The Morgan fingerprint density at radius 2 is 2.04 bits per heavy atom. The van der Waals surface area contributed by atoms with Crippen molar-refractivity contribution in [3.8, 4) is 5.75 Å². The van der Waals surface area contributed by atoms with Crippen LogP contribution in [-0.2, 0) is 14.3 Å². The van der Waals surface area contributed by atoms with E-state index in [1.807, 2.05) is 24.3 Å². The van der Waals surface area contributed by atoms with E-state index in [1.165, 1.54) is 0 Å². The third-order valence-electron chi connectivity index (χ3n) is 3.74. The van der Waals surface area contributed by atoms with Crippen molar-refractivity contribution in [2.45, 2.75) is 17.2 Å². The van der Waals surface area contributed by atoms with E-state index < -0.39 is 0 Å². The number of benzene rings is 2. The maximum absolute atomic E-state index is 11.9. The summed E-state index contributed by atoms with van der Waals surface area (Å²) in [6.07, 6.45) is 0.932. The van der Waals surface area contributed by atoms with Gasteiger partial charge in [0, 0.05) is 23.9 Å². The number of carbonyl (C=O) groups is 2. The van der Waals surface area contributed by atoms with Crippen molar-refractivity contribution in [3.05, 3.63) is 48.5 Å². The van der Waals surface area contributed by atoms with Gasteiger partial charge in [0.2, 0.25) is 0 Å². The molecule has 0 saturated heterocycles. The second-order valence-electron chi connectivity index (χ2n) is 5.84. The number of anilines is 1. The number of amides is 1. The number of fused-ring (bicyclic) bond motifs is 1. The first kappa shape index (κ1) is 20.2. The first-order chi connectivity index (χ1) is 13.6. The van der Waals surface area contributed by atoms with Gasteiger partial charge in [-0.1, -0.05) is 30.0 Å². The SMILES string of the molecule is COc1cccc(NC(=O)COC(=O)CCCSc2nc3ccccc3s2)c1. The number of rotatable bonds is 9. The van der Waals surface area contributed by atoms with E-state index in [0.717, 1.165) is 20.3 Å². The van der Waals surface area contributed by atoms with Gasteiger partial charge in [-0.05, 0) is 30.7 Å². The normalized spacial score (nSPS) is 10.6. The number of hydrogen-bond acceptors (Lipinski definition) is 7. The van der Waals surface area contributed by atoms with Crippen LogP contribution < -0.4 is 10.1 Å². The smallest absolute Gasteiger partial charge is 0.306 e. The van der Waals surface area contributed by atoms with Gasteiger partial charge in [0.15, 0.2) is 10.9 Å². The van der Waals surface area contributed by atoms with E-state index in [1.54, 1.807) is 54.5 Å².